The monoisotopic (exact) mass is 607 g/mol. The minimum Gasteiger partial charge on any atom is -0.504 e. The maximum absolute atomic E-state index is 13.4. The van der Waals surface area contributed by atoms with Gasteiger partial charge in [0.15, 0.2) is 17.6 Å². The number of hydrogen-bond acceptors (Lipinski definition) is 10. The molecule has 11 heteroatoms. The fraction of sp³-hybridized carbons (Fsp3) is 0.455. The molecule has 3 N–H and O–H groups in total. The number of piperidine rings is 1. The molecule has 0 unspecified atom stereocenters. The molecule has 0 aromatic heterocycles. The Hall–Kier alpha value is -4.22. The molecule has 0 amide bonds. The Labute approximate surface area is 255 Å². The minimum absolute atomic E-state index is 0.0929. The molecule has 0 radical (unpaired) electrons. The van der Waals surface area contributed by atoms with Crippen LogP contribution in [0.3, 0.4) is 0 Å². The number of phenols is 1. The lowest BCUT2D eigenvalue weighted by atomic mass is 9.54. The van der Waals surface area contributed by atoms with E-state index in [1.807, 2.05) is 20.9 Å². The van der Waals surface area contributed by atoms with Gasteiger partial charge in [0, 0.05) is 30.0 Å². The summed E-state index contributed by atoms with van der Waals surface area (Å²) in [6.07, 6.45) is -1.31. The van der Waals surface area contributed by atoms with Crippen LogP contribution in [0.4, 0.5) is 0 Å². The van der Waals surface area contributed by atoms with E-state index in [-0.39, 0.29) is 41.7 Å². The Kier molecular flexibility index (Phi) is 8.30. The number of esters is 2. The Morgan fingerprint density at radius 1 is 1.11 bits per heavy atom. The Bertz CT molecular complexity index is 1520. The van der Waals surface area contributed by atoms with Crippen LogP contribution in [0.1, 0.15) is 62.3 Å². The number of fused-ring (bicyclic) bond motifs is 1. The molecule has 2 aliphatic heterocycles. The topological polar surface area (TPSA) is 160 Å². The van der Waals surface area contributed by atoms with Crippen LogP contribution in [0, 0.1) is 12.8 Å². The molecule has 2 heterocycles. The number of aliphatic hydroxyl groups is 1. The normalized spacial score (nSPS) is 27.0. The van der Waals surface area contributed by atoms with Gasteiger partial charge in [0.1, 0.15) is 11.5 Å². The van der Waals surface area contributed by atoms with E-state index in [4.69, 9.17) is 14.2 Å². The first-order chi connectivity index (χ1) is 20.8. The molecule has 0 bridgehead atoms. The molecule has 1 aliphatic carbocycles. The van der Waals surface area contributed by atoms with Gasteiger partial charge in [0.05, 0.1) is 23.4 Å². The second kappa shape index (κ2) is 11.7. The molecule has 3 aliphatic rings. The first-order valence-corrected chi connectivity index (χ1v) is 14.6. The number of aromatic hydroxyl groups is 1. The van der Waals surface area contributed by atoms with E-state index in [1.54, 1.807) is 30.3 Å². The molecule has 2 aromatic carbocycles. The van der Waals surface area contributed by atoms with Crippen LogP contribution in [0.15, 0.2) is 54.3 Å². The van der Waals surface area contributed by atoms with Crippen molar-refractivity contribution in [2.45, 2.75) is 75.7 Å². The Morgan fingerprint density at radius 2 is 1.82 bits per heavy atom. The van der Waals surface area contributed by atoms with Gasteiger partial charge in [-0.3, -0.25) is 9.59 Å². The third-order valence-corrected chi connectivity index (χ3v) is 9.40. The fourth-order valence-electron chi connectivity index (χ4n) is 7.07. The van der Waals surface area contributed by atoms with Crippen molar-refractivity contribution >= 4 is 23.7 Å². The van der Waals surface area contributed by atoms with Gasteiger partial charge in [-0.1, -0.05) is 36.4 Å². The van der Waals surface area contributed by atoms with Crippen molar-refractivity contribution in [3.63, 3.8) is 0 Å². The Morgan fingerprint density at radius 3 is 2.48 bits per heavy atom. The second-order valence-electron chi connectivity index (χ2n) is 12.1. The highest BCUT2D eigenvalue weighted by molar-refractivity contribution is 5.88. The first kappa shape index (κ1) is 31.2. The lowest BCUT2D eigenvalue weighted by molar-refractivity contribution is -0.170. The molecule has 1 fully saturated rings. The van der Waals surface area contributed by atoms with Crippen molar-refractivity contribution in [3.8, 4) is 11.5 Å². The summed E-state index contributed by atoms with van der Waals surface area (Å²) in [6.45, 7) is 5.67. The molecule has 2 aromatic rings. The fourth-order valence-corrected chi connectivity index (χ4v) is 7.07. The molecule has 1 saturated heterocycles. The van der Waals surface area contributed by atoms with E-state index in [9.17, 15) is 34.5 Å². The van der Waals surface area contributed by atoms with E-state index in [0.717, 1.165) is 5.56 Å². The summed E-state index contributed by atoms with van der Waals surface area (Å²) in [5, 5.41) is 32.7. The number of phenolic OH excluding ortho intramolecular Hbond substituents is 1. The number of rotatable bonds is 9. The van der Waals surface area contributed by atoms with Gasteiger partial charge in [0.25, 0.3) is 0 Å². The van der Waals surface area contributed by atoms with Crippen LogP contribution < -0.4 is 4.74 Å². The van der Waals surface area contributed by atoms with E-state index < -0.39 is 59.3 Å². The SMILES string of the molecule is CC(=O)C[C@@H](CC(=O)OC1=CC[C@@]2(O)[C@@H](C)N(C)CC[C@@]23c2c(C)ccc(O)c2O[C@@H]13)C(=O)O[C@H](C(=O)O)c1ccccc1. The predicted octanol–water partition coefficient (Wildman–Crippen LogP) is 3.34. The van der Waals surface area contributed by atoms with Crippen LogP contribution >= 0.6 is 0 Å². The van der Waals surface area contributed by atoms with Gasteiger partial charge in [-0.2, -0.15) is 0 Å². The number of benzene rings is 2. The average molecular weight is 608 g/mol. The predicted molar refractivity (Wildman–Crippen MR) is 156 cm³/mol. The maximum Gasteiger partial charge on any atom is 0.349 e. The quantitative estimate of drug-likeness (QED) is 0.359. The van der Waals surface area contributed by atoms with Gasteiger partial charge >= 0.3 is 17.9 Å². The van der Waals surface area contributed by atoms with Crippen LogP contribution in [0.25, 0.3) is 0 Å². The number of nitrogens with zero attached hydrogens (tertiary/aromatic N) is 1. The summed E-state index contributed by atoms with van der Waals surface area (Å²) in [5.41, 5.74) is -0.645. The first-order valence-electron chi connectivity index (χ1n) is 14.6. The van der Waals surface area contributed by atoms with Crippen LogP contribution in [-0.2, 0) is 34.1 Å². The molecule has 11 nitrogen and oxygen atoms in total. The lowest BCUT2D eigenvalue weighted by Gasteiger charge is -2.58. The van der Waals surface area contributed by atoms with Crippen LogP contribution in [0.5, 0.6) is 11.5 Å². The number of carbonyl (C=O) groups excluding carboxylic acids is 3. The summed E-state index contributed by atoms with van der Waals surface area (Å²) >= 11 is 0. The average Bonchev–Trinajstić information content (AvgIpc) is 3.35. The number of hydrogen-bond donors (Lipinski definition) is 3. The number of ketones is 1. The zero-order valence-electron chi connectivity index (χ0n) is 25.1. The molecule has 6 atom stereocenters. The van der Waals surface area contributed by atoms with Crippen molar-refractivity contribution in [1.82, 2.24) is 4.90 Å². The van der Waals surface area contributed by atoms with Gasteiger partial charge in [-0.15, -0.1) is 0 Å². The summed E-state index contributed by atoms with van der Waals surface area (Å²) in [4.78, 5) is 52.5. The number of carbonyl (C=O) groups is 4. The zero-order chi connectivity index (χ0) is 32.0. The second-order valence-corrected chi connectivity index (χ2v) is 12.1. The number of ether oxygens (including phenoxy) is 3. The number of aliphatic carboxylic acids is 1. The Balaban J connectivity index is 1.41. The third-order valence-electron chi connectivity index (χ3n) is 9.40. The largest absolute Gasteiger partial charge is 0.504 e. The van der Waals surface area contributed by atoms with Crippen LogP contribution in [0.2, 0.25) is 0 Å². The molecule has 234 valence electrons. The van der Waals surface area contributed by atoms with Gasteiger partial charge in [-0.25, -0.2) is 4.79 Å². The van der Waals surface area contributed by atoms with Gasteiger partial charge in [0.2, 0.25) is 6.10 Å². The van der Waals surface area contributed by atoms with E-state index in [0.29, 0.717) is 18.5 Å². The molecule has 0 saturated carbocycles. The number of Topliss-reactive ketones (excluding diaryl/α,β-unsaturated/α-hetero) is 1. The zero-order valence-corrected chi connectivity index (χ0v) is 25.1. The van der Waals surface area contributed by atoms with Gasteiger partial charge in [-0.05, 0) is 58.5 Å². The highest BCUT2D eigenvalue weighted by Crippen LogP contribution is 2.62. The van der Waals surface area contributed by atoms with Gasteiger partial charge < -0.3 is 39.2 Å². The number of likely N-dealkylation sites (tertiary alicyclic amines) is 1. The van der Waals surface area contributed by atoms with E-state index in [2.05, 4.69) is 4.90 Å². The highest BCUT2D eigenvalue weighted by Gasteiger charge is 2.69. The number of carboxylic acid groups (broad SMARTS) is 1. The standard InChI is InChI=1S/C33H37NO10/c1-18-10-11-23(36)28-26(18)32-14-15-34(4)20(3)33(32,41)13-12-24(29(32)43-28)42-25(37)17-22(16-19(2)35)31(40)44-27(30(38)39)21-8-6-5-7-9-21/h5-12,20,22,27,29,36,41H,13-17H2,1-4H3,(H,38,39)/t20-,22+,27+,29+,32+,33-/m1/s1. The van der Waals surface area contributed by atoms with E-state index >= 15 is 0 Å². The van der Waals surface area contributed by atoms with Crippen molar-refractivity contribution in [2.75, 3.05) is 13.6 Å². The molecule has 1 spiro atoms. The lowest BCUT2D eigenvalue weighted by Crippen LogP contribution is -2.71. The van der Waals surface area contributed by atoms with Crippen molar-refractivity contribution in [2.24, 2.45) is 5.92 Å². The van der Waals surface area contributed by atoms with E-state index in [1.165, 1.54) is 25.1 Å². The van der Waals surface area contributed by atoms with Crippen LogP contribution in [-0.4, -0.2) is 75.2 Å². The highest BCUT2D eigenvalue weighted by atomic mass is 16.6. The molecule has 44 heavy (non-hydrogen) atoms. The third kappa shape index (κ3) is 5.13. The smallest absolute Gasteiger partial charge is 0.349 e. The summed E-state index contributed by atoms with van der Waals surface area (Å²) in [6, 6.07) is 10.9. The molecule has 5 rings (SSSR count). The minimum atomic E-state index is -1.62. The summed E-state index contributed by atoms with van der Waals surface area (Å²) in [7, 11) is 1.93. The van der Waals surface area contributed by atoms with Crippen molar-refractivity contribution < 1.29 is 48.7 Å². The molecular weight excluding hydrogens is 570 g/mol. The number of aryl methyl sites for hydroxylation is 1. The number of carboxylic acids is 1. The summed E-state index contributed by atoms with van der Waals surface area (Å²) < 4.78 is 17.4. The number of likely N-dealkylation sites (N-methyl/N-ethyl adjacent to an activating group) is 1. The molecular formula is C33H37NO10. The van der Waals surface area contributed by atoms with Crippen molar-refractivity contribution in [1.29, 1.82) is 0 Å². The summed E-state index contributed by atoms with van der Waals surface area (Å²) in [5.74, 6) is -4.70. The maximum atomic E-state index is 13.4. The van der Waals surface area contributed by atoms with Crippen molar-refractivity contribution in [3.05, 3.63) is 71.0 Å².